The first-order chi connectivity index (χ1) is 10.8. The molecule has 4 heteroatoms. The predicted molar refractivity (Wildman–Crippen MR) is 97.9 cm³/mol. The Kier molecular flexibility index (Phi) is 3.48. The van der Waals surface area contributed by atoms with E-state index in [-0.39, 0.29) is 0 Å². The van der Waals surface area contributed by atoms with E-state index in [1.54, 1.807) is 11.5 Å². The lowest BCUT2D eigenvalue weighted by Crippen LogP contribution is -2.04. The van der Waals surface area contributed by atoms with Gasteiger partial charge in [-0.1, -0.05) is 60.7 Å². The summed E-state index contributed by atoms with van der Waals surface area (Å²) in [5.41, 5.74) is 2.41. The van der Waals surface area contributed by atoms with Crippen LogP contribution in [0.5, 0.6) is 0 Å². The van der Waals surface area contributed by atoms with Crippen LogP contribution in [0.3, 0.4) is 0 Å². The predicted octanol–water partition coefficient (Wildman–Crippen LogP) is 5.06. The normalized spacial score (nSPS) is 11.3. The number of rotatable bonds is 4. The second-order valence-corrected chi connectivity index (χ2v) is 6.53. The first kappa shape index (κ1) is 13.6. The fourth-order valence-electron chi connectivity index (χ4n) is 2.86. The van der Waals surface area contributed by atoms with Gasteiger partial charge in [0.15, 0.2) is 0 Å². The molecule has 2 aromatic heterocycles. The molecule has 0 saturated heterocycles. The number of hydrogen-bond donors (Lipinski definition) is 0. The molecular formula is C18H14N2S2. The second-order valence-electron chi connectivity index (χ2n) is 5.25. The van der Waals surface area contributed by atoms with E-state index >= 15 is 0 Å². The maximum Gasteiger partial charge on any atom is 0.124 e. The lowest BCUT2D eigenvalue weighted by Gasteiger charge is -2.07. The number of aryl methyl sites for hydroxylation is 1. The average molecular weight is 322 g/mol. The van der Waals surface area contributed by atoms with Gasteiger partial charge in [-0.25, -0.2) is 0 Å². The smallest absolute Gasteiger partial charge is 0.124 e. The summed E-state index contributed by atoms with van der Waals surface area (Å²) in [6.45, 7) is 0.889. The summed E-state index contributed by atoms with van der Waals surface area (Å²) in [7, 11) is 0. The van der Waals surface area contributed by atoms with Crippen LogP contribution in [0.4, 0.5) is 0 Å². The van der Waals surface area contributed by atoms with E-state index in [2.05, 4.69) is 45.3 Å². The first-order valence-electron chi connectivity index (χ1n) is 7.24. The largest absolute Gasteiger partial charge is 0.331 e. The molecule has 108 valence electrons. The average Bonchev–Trinajstić information content (AvgIpc) is 3.15. The molecule has 4 aromatic rings. The van der Waals surface area contributed by atoms with Crippen molar-refractivity contribution in [3.63, 3.8) is 0 Å². The lowest BCUT2D eigenvalue weighted by molar-refractivity contribution is 0.790. The van der Waals surface area contributed by atoms with Crippen molar-refractivity contribution < 1.29 is 0 Å². The highest BCUT2D eigenvalue weighted by molar-refractivity contribution is 7.80. The molecule has 0 N–H and O–H groups in total. The minimum Gasteiger partial charge on any atom is -0.331 e. The van der Waals surface area contributed by atoms with Gasteiger partial charge in [0.2, 0.25) is 0 Å². The van der Waals surface area contributed by atoms with Crippen LogP contribution in [0.15, 0.2) is 60.8 Å². The molecule has 0 aliphatic carbocycles. The second kappa shape index (κ2) is 5.63. The van der Waals surface area contributed by atoms with E-state index in [1.165, 1.54) is 21.1 Å². The summed E-state index contributed by atoms with van der Waals surface area (Å²) < 4.78 is 6.69. The molecule has 2 heterocycles. The third-order valence-electron chi connectivity index (χ3n) is 3.94. The van der Waals surface area contributed by atoms with Gasteiger partial charge in [0, 0.05) is 34.1 Å². The SMILES string of the molecule is S=C(CCn1c2ccccc2c2cnsc21)c1ccccc1. The fourth-order valence-corrected chi connectivity index (χ4v) is 3.90. The van der Waals surface area contributed by atoms with Gasteiger partial charge in [-0.2, -0.15) is 4.37 Å². The Labute approximate surface area is 138 Å². The molecule has 0 unspecified atom stereocenters. The van der Waals surface area contributed by atoms with Gasteiger partial charge < -0.3 is 4.57 Å². The van der Waals surface area contributed by atoms with Gasteiger partial charge in [0.05, 0.1) is 6.20 Å². The summed E-state index contributed by atoms with van der Waals surface area (Å²) in [5.74, 6) is 0. The van der Waals surface area contributed by atoms with Crippen molar-refractivity contribution in [3.05, 3.63) is 66.4 Å². The Balaban J connectivity index is 1.69. The van der Waals surface area contributed by atoms with Crippen molar-refractivity contribution in [2.75, 3.05) is 0 Å². The van der Waals surface area contributed by atoms with Crippen molar-refractivity contribution in [3.8, 4) is 0 Å². The topological polar surface area (TPSA) is 17.8 Å². The third-order valence-corrected chi connectivity index (χ3v) is 5.20. The van der Waals surface area contributed by atoms with Gasteiger partial charge in [-0.3, -0.25) is 0 Å². The Morgan fingerprint density at radius 3 is 2.64 bits per heavy atom. The highest BCUT2D eigenvalue weighted by Crippen LogP contribution is 2.31. The highest BCUT2D eigenvalue weighted by Gasteiger charge is 2.12. The lowest BCUT2D eigenvalue weighted by atomic mass is 10.1. The monoisotopic (exact) mass is 322 g/mol. The van der Waals surface area contributed by atoms with Crippen LogP contribution in [0, 0.1) is 0 Å². The van der Waals surface area contributed by atoms with E-state index < -0.39 is 0 Å². The van der Waals surface area contributed by atoms with Gasteiger partial charge in [-0.05, 0) is 23.2 Å². The van der Waals surface area contributed by atoms with E-state index in [9.17, 15) is 0 Å². The summed E-state index contributed by atoms with van der Waals surface area (Å²) in [5, 5.41) is 2.52. The van der Waals surface area contributed by atoms with Crippen LogP contribution in [-0.2, 0) is 6.54 Å². The Morgan fingerprint density at radius 2 is 1.77 bits per heavy atom. The molecule has 0 saturated carbocycles. The molecule has 22 heavy (non-hydrogen) atoms. The number of thiocarbonyl (C=S) groups is 1. The molecule has 0 aliphatic heterocycles. The molecule has 0 spiro atoms. The van der Waals surface area contributed by atoms with Crippen LogP contribution in [-0.4, -0.2) is 13.8 Å². The summed E-state index contributed by atoms with van der Waals surface area (Å²) >= 11 is 7.15. The van der Waals surface area contributed by atoms with Gasteiger partial charge in [-0.15, -0.1) is 0 Å². The molecule has 4 rings (SSSR count). The minimum atomic E-state index is 0.866. The van der Waals surface area contributed by atoms with Crippen LogP contribution in [0.1, 0.15) is 12.0 Å². The van der Waals surface area contributed by atoms with Crippen LogP contribution in [0.2, 0.25) is 0 Å². The quantitative estimate of drug-likeness (QED) is 0.386. The summed E-state index contributed by atoms with van der Waals surface area (Å²) in [6, 6.07) is 18.8. The number of hydrogen-bond acceptors (Lipinski definition) is 3. The summed E-state index contributed by atoms with van der Waals surface area (Å²) in [6.07, 6.45) is 2.83. The highest BCUT2D eigenvalue weighted by atomic mass is 32.1. The minimum absolute atomic E-state index is 0.866. The Morgan fingerprint density at radius 1 is 1.00 bits per heavy atom. The summed E-state index contributed by atoms with van der Waals surface area (Å²) in [4.78, 5) is 2.24. The number of benzene rings is 2. The number of fused-ring (bicyclic) bond motifs is 3. The maximum atomic E-state index is 5.59. The zero-order valence-electron chi connectivity index (χ0n) is 11.9. The van der Waals surface area contributed by atoms with Crippen LogP contribution < -0.4 is 0 Å². The molecule has 2 aromatic carbocycles. The molecule has 0 radical (unpaired) electrons. The molecule has 0 aliphatic rings. The first-order valence-corrected chi connectivity index (χ1v) is 8.42. The van der Waals surface area contributed by atoms with Gasteiger partial charge >= 0.3 is 0 Å². The number of para-hydroxylation sites is 1. The van der Waals surface area contributed by atoms with Gasteiger partial charge in [0.1, 0.15) is 4.83 Å². The van der Waals surface area contributed by atoms with E-state index in [1.807, 2.05) is 24.4 Å². The van der Waals surface area contributed by atoms with E-state index in [0.29, 0.717) is 0 Å². The van der Waals surface area contributed by atoms with Crippen molar-refractivity contribution in [2.24, 2.45) is 0 Å². The molecule has 0 fully saturated rings. The van der Waals surface area contributed by atoms with Crippen LogP contribution in [0.25, 0.3) is 21.1 Å². The number of nitrogens with zero attached hydrogens (tertiary/aromatic N) is 2. The van der Waals surface area contributed by atoms with E-state index in [0.717, 1.165) is 23.4 Å². The van der Waals surface area contributed by atoms with Crippen LogP contribution >= 0.6 is 23.8 Å². The van der Waals surface area contributed by atoms with Crippen molar-refractivity contribution in [1.29, 1.82) is 0 Å². The number of aromatic nitrogens is 2. The zero-order valence-corrected chi connectivity index (χ0v) is 13.5. The fraction of sp³-hybridized carbons (Fsp3) is 0.111. The van der Waals surface area contributed by atoms with Crippen molar-refractivity contribution in [2.45, 2.75) is 13.0 Å². The maximum absolute atomic E-state index is 5.59. The Hall–Kier alpha value is -2.04. The van der Waals surface area contributed by atoms with Crippen molar-refractivity contribution >= 4 is 49.7 Å². The van der Waals surface area contributed by atoms with E-state index in [4.69, 9.17) is 12.2 Å². The molecule has 2 nitrogen and oxygen atoms in total. The molecular weight excluding hydrogens is 308 g/mol. The molecule has 0 amide bonds. The molecule has 0 atom stereocenters. The zero-order chi connectivity index (χ0) is 14.9. The Bertz CT molecular complexity index is 951. The standard InChI is InChI=1S/C18H14N2S2/c21-17(13-6-2-1-3-7-13)10-11-20-16-9-5-4-8-14(16)15-12-19-22-18(15)20/h1-9,12H,10-11H2. The van der Waals surface area contributed by atoms with Gasteiger partial charge in [0.25, 0.3) is 0 Å². The third kappa shape index (κ3) is 2.25. The molecule has 0 bridgehead atoms. The van der Waals surface area contributed by atoms with Crippen molar-refractivity contribution in [1.82, 2.24) is 8.94 Å².